The number of halogens is 1. The number of amides is 1. The van der Waals surface area contributed by atoms with Gasteiger partial charge < -0.3 is 14.7 Å². The monoisotopic (exact) mass is 337 g/mol. The molecule has 6 heteroatoms. The van der Waals surface area contributed by atoms with Crippen LogP contribution in [0.2, 0.25) is 0 Å². The number of carboxylic acid groups (broad SMARTS) is 1. The summed E-state index contributed by atoms with van der Waals surface area (Å²) < 4.78 is 18.3. The lowest BCUT2D eigenvalue weighted by atomic mass is 9.81. The van der Waals surface area contributed by atoms with Crippen LogP contribution in [0, 0.1) is 17.7 Å². The van der Waals surface area contributed by atoms with Gasteiger partial charge in [-0.2, -0.15) is 0 Å². The van der Waals surface area contributed by atoms with Gasteiger partial charge in [-0.05, 0) is 57.2 Å². The Kier molecular flexibility index (Phi) is 5.47. The van der Waals surface area contributed by atoms with E-state index in [0.29, 0.717) is 19.4 Å². The van der Waals surface area contributed by atoms with Crippen molar-refractivity contribution in [3.63, 3.8) is 0 Å². The van der Waals surface area contributed by atoms with Crippen LogP contribution >= 0.6 is 0 Å². The fraction of sp³-hybridized carbons (Fsp3) is 0.556. The quantitative estimate of drug-likeness (QED) is 0.919. The minimum absolute atomic E-state index is 0.0911. The molecule has 1 heterocycles. The van der Waals surface area contributed by atoms with Crippen LogP contribution in [0.4, 0.5) is 9.18 Å². The Morgan fingerprint density at radius 1 is 1.29 bits per heavy atom. The Balaban J connectivity index is 2.04. The predicted octanol–water partition coefficient (Wildman–Crippen LogP) is 3.33. The second-order valence-electron chi connectivity index (χ2n) is 7.25. The van der Waals surface area contributed by atoms with E-state index in [1.54, 1.807) is 32.9 Å². The van der Waals surface area contributed by atoms with Crippen LogP contribution in [0.15, 0.2) is 24.3 Å². The number of nitrogens with zero attached hydrogens (tertiary/aromatic N) is 1. The Hall–Kier alpha value is -2.11. The summed E-state index contributed by atoms with van der Waals surface area (Å²) in [7, 11) is 0. The maximum absolute atomic E-state index is 13.0. The van der Waals surface area contributed by atoms with E-state index in [-0.39, 0.29) is 18.3 Å². The molecule has 2 atom stereocenters. The Labute approximate surface area is 141 Å². The molecule has 0 spiro atoms. The molecule has 0 saturated carbocycles. The first-order valence-electron chi connectivity index (χ1n) is 8.11. The smallest absolute Gasteiger partial charge is 0.410 e. The van der Waals surface area contributed by atoms with Gasteiger partial charge in [0.1, 0.15) is 11.4 Å². The molecule has 132 valence electrons. The van der Waals surface area contributed by atoms with Crippen LogP contribution in [0.3, 0.4) is 0 Å². The third kappa shape index (κ3) is 4.94. The summed E-state index contributed by atoms with van der Waals surface area (Å²) in [5.41, 5.74) is 0.291. The lowest BCUT2D eigenvalue weighted by Gasteiger charge is -2.37. The van der Waals surface area contributed by atoms with E-state index < -0.39 is 23.6 Å². The van der Waals surface area contributed by atoms with Crippen LogP contribution in [-0.4, -0.2) is 40.8 Å². The zero-order valence-electron chi connectivity index (χ0n) is 14.3. The molecule has 1 aliphatic rings. The van der Waals surface area contributed by atoms with E-state index in [4.69, 9.17) is 4.74 Å². The highest BCUT2D eigenvalue weighted by Gasteiger charge is 2.37. The maximum Gasteiger partial charge on any atom is 0.410 e. The maximum atomic E-state index is 13.0. The predicted molar refractivity (Wildman–Crippen MR) is 87.1 cm³/mol. The number of rotatable bonds is 3. The molecule has 1 fully saturated rings. The average molecular weight is 337 g/mol. The molecule has 2 rings (SSSR count). The topological polar surface area (TPSA) is 66.8 Å². The number of hydrogen-bond acceptors (Lipinski definition) is 3. The summed E-state index contributed by atoms with van der Waals surface area (Å²) >= 11 is 0. The van der Waals surface area contributed by atoms with E-state index >= 15 is 0 Å². The van der Waals surface area contributed by atoms with Crippen molar-refractivity contribution in [1.82, 2.24) is 4.90 Å². The lowest BCUT2D eigenvalue weighted by Crippen LogP contribution is -2.48. The van der Waals surface area contributed by atoms with Gasteiger partial charge in [0.25, 0.3) is 0 Å². The number of carbonyl (C=O) groups is 2. The molecule has 0 aromatic heterocycles. The first-order valence-corrected chi connectivity index (χ1v) is 8.11. The molecular weight excluding hydrogens is 313 g/mol. The molecule has 1 N–H and O–H groups in total. The lowest BCUT2D eigenvalue weighted by molar-refractivity contribution is -0.145. The molecule has 1 amide bonds. The number of benzene rings is 1. The Morgan fingerprint density at radius 3 is 2.46 bits per heavy atom. The fourth-order valence-electron chi connectivity index (χ4n) is 2.94. The zero-order valence-corrected chi connectivity index (χ0v) is 14.3. The van der Waals surface area contributed by atoms with Gasteiger partial charge in [0.15, 0.2) is 0 Å². The highest BCUT2D eigenvalue weighted by Crippen LogP contribution is 2.28. The number of carbonyl (C=O) groups excluding carboxylic acids is 1. The minimum atomic E-state index is -0.921. The van der Waals surface area contributed by atoms with Gasteiger partial charge in [0, 0.05) is 13.1 Å². The summed E-state index contributed by atoms with van der Waals surface area (Å²) in [5.74, 6) is -1.98. The third-order valence-corrected chi connectivity index (χ3v) is 4.14. The van der Waals surface area contributed by atoms with Crippen LogP contribution in [0.25, 0.3) is 0 Å². The number of hydrogen-bond donors (Lipinski definition) is 1. The average Bonchev–Trinajstić information content (AvgIpc) is 2.48. The van der Waals surface area contributed by atoms with E-state index in [9.17, 15) is 19.1 Å². The van der Waals surface area contributed by atoms with Crippen LogP contribution in [0.1, 0.15) is 32.8 Å². The molecule has 5 nitrogen and oxygen atoms in total. The number of piperidine rings is 1. The van der Waals surface area contributed by atoms with Crippen molar-refractivity contribution >= 4 is 12.1 Å². The molecule has 0 bridgehead atoms. The van der Waals surface area contributed by atoms with Gasteiger partial charge in [-0.25, -0.2) is 9.18 Å². The molecule has 1 saturated heterocycles. The van der Waals surface area contributed by atoms with Gasteiger partial charge in [-0.15, -0.1) is 0 Å². The van der Waals surface area contributed by atoms with Crippen LogP contribution in [-0.2, 0) is 16.0 Å². The van der Waals surface area contributed by atoms with Gasteiger partial charge in [-0.3, -0.25) is 4.79 Å². The van der Waals surface area contributed by atoms with Crippen LogP contribution < -0.4 is 0 Å². The second-order valence-corrected chi connectivity index (χ2v) is 7.25. The van der Waals surface area contributed by atoms with Crippen LogP contribution in [0.5, 0.6) is 0 Å². The summed E-state index contributed by atoms with van der Waals surface area (Å²) in [5, 5.41) is 9.52. The van der Waals surface area contributed by atoms with Crippen molar-refractivity contribution in [2.24, 2.45) is 11.8 Å². The number of aliphatic carboxylic acids is 1. The first kappa shape index (κ1) is 18.2. The van der Waals surface area contributed by atoms with E-state index in [1.165, 1.54) is 17.0 Å². The highest BCUT2D eigenvalue weighted by molar-refractivity contribution is 5.73. The standard InChI is InChI=1S/C18H24FNO4/c1-18(2,3)24-17(23)20-9-8-13(15(11-20)16(21)22)10-12-4-6-14(19)7-5-12/h4-7,13,15H,8-11H2,1-3H3,(H,21,22)/t13-,15-/m0/s1. The van der Waals surface area contributed by atoms with Crippen molar-refractivity contribution in [1.29, 1.82) is 0 Å². The summed E-state index contributed by atoms with van der Waals surface area (Å²) in [6, 6.07) is 6.10. The number of likely N-dealkylation sites (tertiary alicyclic amines) is 1. The van der Waals surface area contributed by atoms with E-state index in [1.807, 2.05) is 0 Å². The van der Waals surface area contributed by atoms with E-state index in [0.717, 1.165) is 5.56 Å². The van der Waals surface area contributed by atoms with Crippen molar-refractivity contribution < 1.29 is 23.8 Å². The number of ether oxygens (including phenoxy) is 1. The number of carboxylic acids is 1. The molecule has 0 aliphatic carbocycles. The summed E-state index contributed by atoms with van der Waals surface area (Å²) in [6.45, 7) is 5.93. The largest absolute Gasteiger partial charge is 0.481 e. The van der Waals surface area contributed by atoms with Crippen molar-refractivity contribution in [2.45, 2.75) is 39.2 Å². The Bertz CT molecular complexity index is 594. The Morgan fingerprint density at radius 2 is 1.92 bits per heavy atom. The first-order chi connectivity index (χ1) is 11.2. The third-order valence-electron chi connectivity index (χ3n) is 4.14. The van der Waals surface area contributed by atoms with Gasteiger partial charge >= 0.3 is 12.1 Å². The molecule has 24 heavy (non-hydrogen) atoms. The van der Waals surface area contributed by atoms with Gasteiger partial charge in [-0.1, -0.05) is 12.1 Å². The van der Waals surface area contributed by atoms with Gasteiger partial charge in [0.05, 0.1) is 5.92 Å². The van der Waals surface area contributed by atoms with Crippen molar-refractivity contribution in [3.8, 4) is 0 Å². The second kappa shape index (κ2) is 7.20. The minimum Gasteiger partial charge on any atom is -0.481 e. The molecule has 0 unspecified atom stereocenters. The zero-order chi connectivity index (χ0) is 17.9. The highest BCUT2D eigenvalue weighted by atomic mass is 19.1. The summed E-state index contributed by atoms with van der Waals surface area (Å²) in [4.78, 5) is 25.2. The van der Waals surface area contributed by atoms with Gasteiger partial charge in [0.2, 0.25) is 0 Å². The molecule has 1 aromatic carbocycles. The van der Waals surface area contributed by atoms with Crippen molar-refractivity contribution in [3.05, 3.63) is 35.6 Å². The molecule has 1 aliphatic heterocycles. The summed E-state index contributed by atoms with van der Waals surface area (Å²) in [6.07, 6.45) is 0.654. The fourth-order valence-corrected chi connectivity index (χ4v) is 2.94. The molecule has 0 radical (unpaired) electrons. The SMILES string of the molecule is CC(C)(C)OC(=O)N1CC[C@@H](Cc2ccc(F)cc2)[C@@H](C(=O)O)C1. The van der Waals surface area contributed by atoms with Crippen molar-refractivity contribution in [2.75, 3.05) is 13.1 Å². The molecular formula is C18H24FNO4. The van der Waals surface area contributed by atoms with E-state index in [2.05, 4.69) is 0 Å². The molecule has 1 aromatic rings. The normalized spacial score (nSPS) is 21.4.